The van der Waals surface area contributed by atoms with Crippen LogP contribution in [0.3, 0.4) is 0 Å². The van der Waals surface area contributed by atoms with E-state index in [9.17, 15) is 4.79 Å². The Balaban J connectivity index is 1.80. The van der Waals surface area contributed by atoms with Crippen molar-refractivity contribution in [1.29, 1.82) is 0 Å². The Bertz CT molecular complexity index is 422. The Morgan fingerprint density at radius 2 is 2.21 bits per heavy atom. The largest absolute Gasteiger partial charge is 0.338 e. The first kappa shape index (κ1) is 14.3. The van der Waals surface area contributed by atoms with Crippen molar-refractivity contribution in [2.75, 3.05) is 19.6 Å². The lowest BCUT2D eigenvalue weighted by atomic mass is 9.98. The molecule has 0 aliphatic carbocycles. The SMILES string of the molecule is Cc1csc(C2CCN(C(=O)NCC(C)C)CC2)n1. The van der Waals surface area contributed by atoms with E-state index in [1.54, 1.807) is 11.3 Å². The third-order valence-electron chi connectivity index (χ3n) is 3.43. The van der Waals surface area contributed by atoms with Crippen molar-refractivity contribution in [2.24, 2.45) is 5.92 Å². The minimum absolute atomic E-state index is 0.0856. The van der Waals surface area contributed by atoms with Gasteiger partial charge >= 0.3 is 6.03 Å². The second-order valence-corrected chi connectivity index (χ2v) is 6.56. The maximum Gasteiger partial charge on any atom is 0.317 e. The molecule has 5 heteroatoms. The van der Waals surface area contributed by atoms with E-state index in [2.05, 4.69) is 29.5 Å². The molecule has 1 saturated heterocycles. The van der Waals surface area contributed by atoms with Crippen LogP contribution in [0.2, 0.25) is 0 Å². The van der Waals surface area contributed by atoms with Gasteiger partial charge in [-0.05, 0) is 25.7 Å². The number of urea groups is 1. The van der Waals surface area contributed by atoms with E-state index in [0.29, 0.717) is 11.8 Å². The van der Waals surface area contributed by atoms with Crippen molar-refractivity contribution in [2.45, 2.75) is 39.5 Å². The molecule has 19 heavy (non-hydrogen) atoms. The maximum atomic E-state index is 12.0. The molecule has 0 saturated carbocycles. The first-order valence-electron chi connectivity index (χ1n) is 7.01. The molecule has 1 N–H and O–H groups in total. The summed E-state index contributed by atoms with van der Waals surface area (Å²) in [5, 5.41) is 6.33. The first-order chi connectivity index (χ1) is 9.06. The second-order valence-electron chi connectivity index (χ2n) is 5.67. The number of piperidine rings is 1. The van der Waals surface area contributed by atoms with E-state index in [4.69, 9.17) is 0 Å². The van der Waals surface area contributed by atoms with Crippen molar-refractivity contribution < 1.29 is 4.79 Å². The van der Waals surface area contributed by atoms with Gasteiger partial charge in [0, 0.05) is 36.6 Å². The molecule has 2 rings (SSSR count). The standard InChI is InChI=1S/C14H23N3OS/c1-10(2)8-15-14(18)17-6-4-12(5-7-17)13-16-11(3)9-19-13/h9-10,12H,4-8H2,1-3H3,(H,15,18). The highest BCUT2D eigenvalue weighted by molar-refractivity contribution is 7.09. The third kappa shape index (κ3) is 3.93. The van der Waals surface area contributed by atoms with Crippen molar-refractivity contribution in [1.82, 2.24) is 15.2 Å². The molecule has 0 aromatic carbocycles. The monoisotopic (exact) mass is 281 g/mol. The Labute approximate surface area is 119 Å². The average Bonchev–Trinajstić information content (AvgIpc) is 2.83. The number of thiazole rings is 1. The second kappa shape index (κ2) is 6.37. The number of hydrogen-bond acceptors (Lipinski definition) is 3. The smallest absolute Gasteiger partial charge is 0.317 e. The summed E-state index contributed by atoms with van der Waals surface area (Å²) >= 11 is 1.75. The topological polar surface area (TPSA) is 45.2 Å². The van der Waals surface area contributed by atoms with E-state index in [1.807, 2.05) is 11.8 Å². The number of carbonyl (C=O) groups is 1. The summed E-state index contributed by atoms with van der Waals surface area (Å²) in [5.41, 5.74) is 1.11. The predicted octanol–water partition coefficient (Wildman–Crippen LogP) is 3.00. The van der Waals surface area contributed by atoms with E-state index in [1.165, 1.54) is 5.01 Å². The van der Waals surface area contributed by atoms with Crippen LogP contribution in [0.25, 0.3) is 0 Å². The summed E-state index contributed by atoms with van der Waals surface area (Å²) in [6.45, 7) is 8.69. The molecule has 0 spiro atoms. The maximum absolute atomic E-state index is 12.0. The van der Waals surface area contributed by atoms with Gasteiger partial charge < -0.3 is 10.2 Å². The van der Waals surface area contributed by atoms with Crippen molar-refractivity contribution in [3.8, 4) is 0 Å². The summed E-state index contributed by atoms with van der Waals surface area (Å²) in [4.78, 5) is 18.4. The number of likely N-dealkylation sites (tertiary alicyclic amines) is 1. The Morgan fingerprint density at radius 1 is 1.53 bits per heavy atom. The van der Waals surface area contributed by atoms with Crippen molar-refractivity contribution >= 4 is 17.4 Å². The lowest BCUT2D eigenvalue weighted by Crippen LogP contribution is -2.45. The van der Waals surface area contributed by atoms with Crippen LogP contribution in [-0.4, -0.2) is 35.5 Å². The predicted molar refractivity (Wildman–Crippen MR) is 78.6 cm³/mol. The molecule has 0 atom stereocenters. The van der Waals surface area contributed by atoms with E-state index < -0.39 is 0 Å². The van der Waals surface area contributed by atoms with E-state index in [0.717, 1.165) is 38.2 Å². The van der Waals surface area contributed by atoms with Crippen LogP contribution in [0.4, 0.5) is 4.79 Å². The quantitative estimate of drug-likeness (QED) is 0.925. The molecule has 2 amide bonds. The molecule has 0 radical (unpaired) electrons. The van der Waals surface area contributed by atoms with E-state index >= 15 is 0 Å². The van der Waals surface area contributed by atoms with Crippen molar-refractivity contribution in [3.05, 3.63) is 16.1 Å². The van der Waals surface area contributed by atoms with Gasteiger partial charge in [0.05, 0.1) is 5.01 Å². The van der Waals surface area contributed by atoms with Gasteiger partial charge in [0.15, 0.2) is 0 Å². The first-order valence-corrected chi connectivity index (χ1v) is 7.89. The average molecular weight is 281 g/mol. The number of amides is 2. The van der Waals surface area contributed by atoms with Gasteiger partial charge in [-0.3, -0.25) is 0 Å². The van der Waals surface area contributed by atoms with Gasteiger partial charge in [0.25, 0.3) is 0 Å². The summed E-state index contributed by atoms with van der Waals surface area (Å²) in [6.07, 6.45) is 2.06. The number of rotatable bonds is 3. The number of nitrogens with one attached hydrogen (secondary N) is 1. The van der Waals surface area contributed by atoms with E-state index in [-0.39, 0.29) is 6.03 Å². The highest BCUT2D eigenvalue weighted by Gasteiger charge is 2.25. The molecule has 1 aliphatic heterocycles. The fourth-order valence-corrected chi connectivity index (χ4v) is 3.26. The zero-order chi connectivity index (χ0) is 13.8. The molecule has 1 fully saturated rings. The van der Waals surface area contributed by atoms with Gasteiger partial charge in [-0.2, -0.15) is 0 Å². The number of hydrogen-bond donors (Lipinski definition) is 1. The summed E-state index contributed by atoms with van der Waals surface area (Å²) < 4.78 is 0. The van der Waals surface area contributed by atoms with Crippen LogP contribution >= 0.6 is 11.3 Å². The van der Waals surface area contributed by atoms with Gasteiger partial charge in [0.1, 0.15) is 0 Å². The number of nitrogens with zero attached hydrogens (tertiary/aromatic N) is 2. The fourth-order valence-electron chi connectivity index (χ4n) is 2.29. The lowest BCUT2D eigenvalue weighted by Gasteiger charge is -2.31. The number of carbonyl (C=O) groups excluding carboxylic acids is 1. The molecule has 4 nitrogen and oxygen atoms in total. The molecule has 0 unspecified atom stereocenters. The minimum Gasteiger partial charge on any atom is -0.338 e. The zero-order valence-corrected chi connectivity index (χ0v) is 12.8. The zero-order valence-electron chi connectivity index (χ0n) is 12.0. The highest BCUT2D eigenvalue weighted by atomic mass is 32.1. The van der Waals surface area contributed by atoms with Crippen LogP contribution in [0.5, 0.6) is 0 Å². The highest BCUT2D eigenvalue weighted by Crippen LogP contribution is 2.30. The summed E-state index contributed by atoms with van der Waals surface area (Å²) in [7, 11) is 0. The van der Waals surface area contributed by atoms with Gasteiger partial charge in [-0.25, -0.2) is 9.78 Å². The van der Waals surface area contributed by atoms with Crippen LogP contribution < -0.4 is 5.32 Å². The van der Waals surface area contributed by atoms with Crippen molar-refractivity contribution in [3.63, 3.8) is 0 Å². The summed E-state index contributed by atoms with van der Waals surface area (Å²) in [5.74, 6) is 1.03. The number of aromatic nitrogens is 1. The molecular weight excluding hydrogens is 258 g/mol. The van der Waals surface area contributed by atoms with Crippen LogP contribution in [0.15, 0.2) is 5.38 Å². The molecular formula is C14H23N3OS. The Hall–Kier alpha value is -1.10. The summed E-state index contributed by atoms with van der Waals surface area (Å²) in [6, 6.07) is 0.0856. The molecule has 2 heterocycles. The van der Waals surface area contributed by atoms with Crippen LogP contribution in [0, 0.1) is 12.8 Å². The normalized spacial score (nSPS) is 16.9. The van der Waals surface area contributed by atoms with Gasteiger partial charge in [-0.15, -0.1) is 11.3 Å². The minimum atomic E-state index is 0.0856. The fraction of sp³-hybridized carbons (Fsp3) is 0.714. The molecule has 1 aromatic rings. The molecule has 0 bridgehead atoms. The number of aryl methyl sites for hydroxylation is 1. The lowest BCUT2D eigenvalue weighted by molar-refractivity contribution is 0.180. The Kier molecular flexibility index (Phi) is 4.80. The van der Waals surface area contributed by atoms with Crippen LogP contribution in [-0.2, 0) is 0 Å². The molecule has 106 valence electrons. The Morgan fingerprint density at radius 3 is 2.74 bits per heavy atom. The molecule has 1 aromatic heterocycles. The van der Waals surface area contributed by atoms with Crippen LogP contribution in [0.1, 0.15) is 43.3 Å². The third-order valence-corrected chi connectivity index (χ3v) is 4.55. The molecule has 1 aliphatic rings. The van der Waals surface area contributed by atoms with Gasteiger partial charge in [-0.1, -0.05) is 13.8 Å². The van der Waals surface area contributed by atoms with Gasteiger partial charge in [0.2, 0.25) is 0 Å².